The Labute approximate surface area is 763 Å². The van der Waals surface area contributed by atoms with Crippen LogP contribution in [0.15, 0.2) is 127 Å². The van der Waals surface area contributed by atoms with Gasteiger partial charge in [-0.15, -0.1) is 0 Å². The number of hydrogen-bond donors (Lipinski definition) is 3. The summed E-state index contributed by atoms with van der Waals surface area (Å²) in [4.78, 5) is 156. The third kappa shape index (κ3) is 30.6. The van der Waals surface area contributed by atoms with Crippen LogP contribution in [0, 0.1) is 16.2 Å². The largest absolute Gasteiger partial charge is 0.493 e. The first-order chi connectivity index (χ1) is 60.0. The number of esters is 3. The Morgan fingerprint density at radius 3 is 0.766 bits per heavy atom. The number of carboxylic acids is 3. The van der Waals surface area contributed by atoms with Gasteiger partial charge in [-0.3, -0.25) is 28.8 Å². The van der Waals surface area contributed by atoms with Crippen molar-refractivity contribution in [2.24, 2.45) is 16.2 Å². The summed E-state index contributed by atoms with van der Waals surface area (Å²) >= 11 is 0. The molecule has 0 unspecified atom stereocenters. The zero-order valence-corrected chi connectivity index (χ0v) is 78.0. The second kappa shape index (κ2) is 51.5. The highest BCUT2D eigenvalue weighted by atomic mass is 32.1. The van der Waals surface area contributed by atoms with Crippen molar-refractivity contribution < 1.29 is 130 Å². The molecule has 9 rings (SSSR count). The van der Waals surface area contributed by atoms with Crippen molar-refractivity contribution in [2.75, 3.05) is 82.1 Å². The Kier molecular flexibility index (Phi) is 43.0. The van der Waals surface area contributed by atoms with Gasteiger partial charge in [0.25, 0.3) is 17.7 Å². The molecule has 0 radical (unpaired) electrons. The first-order valence-corrected chi connectivity index (χ1v) is 42.6. The van der Waals surface area contributed by atoms with Crippen LogP contribution in [-0.4, -0.2) is 201 Å². The normalized spacial score (nSPS) is 15.6. The summed E-state index contributed by atoms with van der Waals surface area (Å²) in [5.74, 6) is -3.77. The summed E-state index contributed by atoms with van der Waals surface area (Å²) in [7, 11) is 9.37. The number of benzene rings is 6. The molecule has 6 aromatic rings. The number of aliphatic carboxylic acids is 3. The van der Waals surface area contributed by atoms with Crippen molar-refractivity contribution in [1.29, 1.82) is 0 Å². The zero-order valence-electron chi connectivity index (χ0n) is 76.0. The van der Waals surface area contributed by atoms with Gasteiger partial charge in [0.2, 0.25) is 17.3 Å². The molecule has 0 saturated carbocycles. The molecule has 3 saturated heterocycles. The Bertz CT molecular complexity index is 4240. The van der Waals surface area contributed by atoms with E-state index in [1.807, 2.05) is 75.4 Å². The Balaban J connectivity index is 0.000000338. The van der Waals surface area contributed by atoms with E-state index in [0.717, 1.165) is 36.0 Å². The van der Waals surface area contributed by atoms with E-state index in [0.29, 0.717) is 184 Å². The smallest absolute Gasteiger partial charge is 0.341 e. The first-order valence-electron chi connectivity index (χ1n) is 42.6. The fourth-order valence-electron chi connectivity index (χ4n) is 14.3. The van der Waals surface area contributed by atoms with Gasteiger partial charge in [-0.1, -0.05) is 117 Å². The zero-order chi connectivity index (χ0) is 92.6. The number of Topliss-reactive ketones (excluding diaryl/α,β-unsaturated/α-hetero) is 3. The minimum absolute atomic E-state index is 0. The molecule has 3 N–H and O–H groups in total. The van der Waals surface area contributed by atoms with Crippen molar-refractivity contribution >= 4 is 97.9 Å². The SMILES string of the molecule is CCC(C)(C)C(=O)C(=O)N1CCCC[C@@H]1C(=O)O[C@@H](CCc1ccc(OC)c(OC)c1)c1ccc(OCC(=O)O)cc1.CCC(C)(C)C(=O)C(=O)N1CCCC[C@@H]1C(=O)O[C@H](CCc1ccc(OC)c(OC)c1)c1ccc(OCC(=O)O)cc1.CCC(C)(C)C(=O)C(=O)N1CCCC[C@H]1C(=O)O[C@H](CCc1ccc(OC)c(OC)c1)c1ccc(OCC(=O)O)cc1.S.S. The van der Waals surface area contributed by atoms with Gasteiger partial charge >= 0.3 is 35.8 Å². The quantitative estimate of drug-likeness (QED) is 0.0182. The predicted molar refractivity (Wildman–Crippen MR) is 485 cm³/mol. The summed E-state index contributed by atoms with van der Waals surface area (Å²) in [6.07, 6.45) is 7.88. The average Bonchev–Trinajstić information content (AvgIpc) is 0.810. The van der Waals surface area contributed by atoms with E-state index >= 15 is 0 Å². The molecule has 3 aliphatic rings. The lowest BCUT2D eigenvalue weighted by Gasteiger charge is -2.36. The lowest BCUT2D eigenvalue weighted by molar-refractivity contribution is -0.165. The maximum atomic E-state index is 13.6. The molecule has 3 heterocycles. The van der Waals surface area contributed by atoms with Gasteiger partial charge in [-0.25, -0.2) is 28.8 Å². The summed E-state index contributed by atoms with van der Waals surface area (Å²) < 4.78 is 66.2. The number of aryl methyl sites for hydroxylation is 3. The summed E-state index contributed by atoms with van der Waals surface area (Å²) in [6.45, 7) is 15.5. The van der Waals surface area contributed by atoms with Gasteiger partial charge in [0, 0.05) is 35.9 Å². The number of nitrogens with zero attached hydrogens (tertiary/aromatic N) is 3. The molecule has 700 valence electrons. The second-order valence-corrected chi connectivity index (χ2v) is 32.9. The molecular formula is C96H127N3O27S2. The fraction of sp³-hybridized carbons (Fsp3) is 0.500. The Morgan fingerprint density at radius 2 is 0.562 bits per heavy atom. The molecule has 0 bridgehead atoms. The number of hydrogen-bond acceptors (Lipinski definition) is 24. The van der Waals surface area contributed by atoms with Crippen LogP contribution in [0.1, 0.15) is 210 Å². The standard InChI is InChI=1S/3C32H41NO9.2H2S/c3*1-6-32(2,3)29(36)30(37)33-18-8-7-9-24(33)31(38)42-25(22-12-14-23(15-13-22)41-20-28(34)35)16-10-21-11-17-26(39-4)27(19-21)40-5;;/h3*11-15,17,19,24-25H,6-10,16,18,20H2,1-5H3,(H,34,35);2*1H2/t2*24-,25+;24-,25-;;/m101../s1. The molecule has 0 aromatic heterocycles. The van der Waals surface area contributed by atoms with E-state index in [-0.39, 0.29) is 27.0 Å². The van der Waals surface area contributed by atoms with E-state index < -0.39 is 143 Å². The van der Waals surface area contributed by atoms with Crippen molar-refractivity contribution in [1.82, 2.24) is 14.7 Å². The van der Waals surface area contributed by atoms with E-state index in [1.54, 1.807) is 157 Å². The third-order valence-corrected chi connectivity index (χ3v) is 23.2. The van der Waals surface area contributed by atoms with E-state index in [9.17, 15) is 57.5 Å². The van der Waals surface area contributed by atoms with Crippen LogP contribution >= 0.6 is 27.0 Å². The highest BCUT2D eigenvalue weighted by Crippen LogP contribution is 2.38. The van der Waals surface area contributed by atoms with Crippen LogP contribution in [0.5, 0.6) is 51.7 Å². The first kappa shape index (κ1) is 107. The highest BCUT2D eigenvalue weighted by Gasteiger charge is 2.45. The number of ketones is 3. The van der Waals surface area contributed by atoms with Gasteiger partial charge in [0.05, 0.1) is 42.7 Å². The minimum atomic E-state index is -1.09. The number of ether oxygens (including phenoxy) is 12. The lowest BCUT2D eigenvalue weighted by Crippen LogP contribution is -2.53. The summed E-state index contributed by atoms with van der Waals surface area (Å²) in [6, 6.07) is 34.2. The number of carboxylic acid groups (broad SMARTS) is 3. The molecule has 30 nitrogen and oxygen atoms in total. The van der Waals surface area contributed by atoms with E-state index in [4.69, 9.17) is 72.2 Å². The van der Waals surface area contributed by atoms with Crippen LogP contribution in [0.2, 0.25) is 0 Å². The number of rotatable bonds is 42. The van der Waals surface area contributed by atoms with Crippen molar-refractivity contribution in [2.45, 2.75) is 214 Å². The van der Waals surface area contributed by atoms with Gasteiger partial charge < -0.3 is 86.9 Å². The number of carbonyl (C=O) groups excluding carboxylic acids is 9. The molecule has 0 spiro atoms. The molecule has 6 aromatic carbocycles. The minimum Gasteiger partial charge on any atom is -0.493 e. The molecule has 32 heteroatoms. The number of methoxy groups -OCH3 is 6. The van der Waals surface area contributed by atoms with Gasteiger partial charge in [-0.05, 0) is 222 Å². The fourth-order valence-corrected chi connectivity index (χ4v) is 14.3. The van der Waals surface area contributed by atoms with Crippen LogP contribution in [0.3, 0.4) is 0 Å². The second-order valence-electron chi connectivity index (χ2n) is 32.9. The number of piperidine rings is 3. The van der Waals surface area contributed by atoms with Crippen LogP contribution in [0.25, 0.3) is 0 Å². The molecule has 0 aliphatic carbocycles. The topological polar surface area (TPSA) is 386 Å². The van der Waals surface area contributed by atoms with Gasteiger partial charge in [-0.2, -0.15) is 27.0 Å². The average molecular weight is 1820 g/mol. The number of carbonyl (C=O) groups is 12. The molecule has 128 heavy (non-hydrogen) atoms. The lowest BCUT2D eigenvalue weighted by atomic mass is 9.84. The van der Waals surface area contributed by atoms with Crippen molar-refractivity contribution in [3.63, 3.8) is 0 Å². The molecule has 3 aliphatic heterocycles. The van der Waals surface area contributed by atoms with Crippen LogP contribution in [-0.2, 0) is 91.0 Å². The number of likely N-dealkylation sites (tertiary alicyclic amines) is 3. The summed E-state index contributed by atoms with van der Waals surface area (Å²) in [5, 5.41) is 26.7. The van der Waals surface area contributed by atoms with Crippen molar-refractivity contribution in [3.05, 3.63) is 161 Å². The maximum Gasteiger partial charge on any atom is 0.341 e. The monoisotopic (exact) mass is 1820 g/mol. The molecule has 6 atom stereocenters. The van der Waals surface area contributed by atoms with Gasteiger partial charge in [0.1, 0.15) is 53.7 Å². The van der Waals surface area contributed by atoms with E-state index in [1.165, 1.54) is 14.7 Å². The summed E-state index contributed by atoms with van der Waals surface area (Å²) in [5.41, 5.74) is 2.40. The van der Waals surface area contributed by atoms with Gasteiger partial charge in [0.15, 0.2) is 54.3 Å². The predicted octanol–water partition coefficient (Wildman–Crippen LogP) is 14.5. The highest BCUT2D eigenvalue weighted by molar-refractivity contribution is 7.59. The third-order valence-electron chi connectivity index (χ3n) is 23.2. The van der Waals surface area contributed by atoms with Crippen molar-refractivity contribution in [3.8, 4) is 51.7 Å². The number of amides is 3. The maximum absolute atomic E-state index is 13.6. The Hall–Kier alpha value is -11.5. The molecule has 3 amide bonds. The Morgan fingerprint density at radius 1 is 0.336 bits per heavy atom. The van der Waals surface area contributed by atoms with Crippen LogP contribution < -0.4 is 42.6 Å². The van der Waals surface area contributed by atoms with E-state index in [2.05, 4.69) is 0 Å². The molecule has 3 fully saturated rings. The van der Waals surface area contributed by atoms with Crippen LogP contribution in [0.4, 0.5) is 0 Å². The molecular weight excluding hydrogens is 1690 g/mol.